The number of hydrogen-bond acceptors (Lipinski definition) is 6. The lowest BCUT2D eigenvalue weighted by atomic mass is 9.91. The van der Waals surface area contributed by atoms with Gasteiger partial charge in [-0.05, 0) is 81.7 Å². The Morgan fingerprint density at radius 3 is 2.25 bits per heavy atom. The zero-order valence-electron chi connectivity index (χ0n) is 22.6. The number of Topliss-reactive ketones (excluding diaryl/α,β-unsaturated/α-hetero) is 1. The van der Waals surface area contributed by atoms with Gasteiger partial charge in [0.2, 0.25) is 0 Å². The van der Waals surface area contributed by atoms with Crippen LogP contribution >= 0.6 is 0 Å². The van der Waals surface area contributed by atoms with E-state index in [0.717, 1.165) is 22.4 Å². The van der Waals surface area contributed by atoms with Gasteiger partial charge in [0.1, 0.15) is 17.3 Å². The van der Waals surface area contributed by atoms with Crippen LogP contribution in [0.4, 0.5) is 0 Å². The van der Waals surface area contributed by atoms with Gasteiger partial charge in [-0.2, -0.15) is 0 Å². The average molecular weight is 495 g/mol. The minimum atomic E-state index is -0.706. The molecule has 0 saturated carbocycles. The number of hydrogen-bond donors (Lipinski definition) is 1. The van der Waals surface area contributed by atoms with Crippen molar-refractivity contribution >= 4 is 17.4 Å². The van der Waals surface area contributed by atoms with E-state index in [1.807, 2.05) is 90.0 Å². The summed E-state index contributed by atoms with van der Waals surface area (Å²) >= 11 is 0. The zero-order valence-corrected chi connectivity index (χ0v) is 22.6. The van der Waals surface area contributed by atoms with E-state index in [1.165, 1.54) is 0 Å². The van der Waals surface area contributed by atoms with Gasteiger partial charge >= 0.3 is 0 Å². The SMILES string of the molecule is COc1cc(C)c(/C(O)=C2\C(=O)C(=O)N(CCN(C)C)C2c2ccc(OC(C)C)cc2)cc1C(C)C. The Hall–Kier alpha value is -3.32. The second kappa shape index (κ2) is 11.2. The molecular weight excluding hydrogens is 456 g/mol. The molecule has 1 fully saturated rings. The minimum Gasteiger partial charge on any atom is -0.507 e. The Bertz CT molecular complexity index is 1150. The van der Waals surface area contributed by atoms with Gasteiger partial charge in [0.15, 0.2) is 0 Å². The molecule has 0 spiro atoms. The predicted molar refractivity (Wildman–Crippen MR) is 142 cm³/mol. The number of rotatable bonds is 9. The van der Waals surface area contributed by atoms with E-state index < -0.39 is 17.7 Å². The number of aliphatic hydroxyl groups is 1. The van der Waals surface area contributed by atoms with Crippen molar-refractivity contribution in [3.05, 3.63) is 64.2 Å². The molecule has 1 unspecified atom stereocenters. The van der Waals surface area contributed by atoms with Crippen LogP contribution in [0.5, 0.6) is 11.5 Å². The third kappa shape index (κ3) is 5.57. The summed E-state index contributed by atoms with van der Waals surface area (Å²) in [5, 5.41) is 11.6. The standard InChI is InChI=1S/C29H38N2O5/c1-17(2)22-16-23(19(5)15-24(22)35-8)27(32)25-26(20-9-11-21(12-10-20)36-18(3)4)31(14-13-30(6)7)29(34)28(25)33/h9-12,15-18,26,32H,13-14H2,1-8H3/b27-25+. The highest BCUT2D eigenvalue weighted by Gasteiger charge is 2.46. The number of likely N-dealkylation sites (N-methyl/N-ethyl adjacent to an activating group) is 1. The second-order valence-electron chi connectivity index (χ2n) is 10.1. The van der Waals surface area contributed by atoms with Crippen LogP contribution in [0.15, 0.2) is 42.0 Å². The van der Waals surface area contributed by atoms with Gasteiger partial charge < -0.3 is 24.4 Å². The monoisotopic (exact) mass is 494 g/mol. The topological polar surface area (TPSA) is 79.3 Å². The number of aryl methyl sites for hydroxylation is 1. The molecule has 7 heteroatoms. The first-order valence-corrected chi connectivity index (χ1v) is 12.3. The van der Waals surface area contributed by atoms with Crippen LogP contribution in [0.1, 0.15) is 61.9 Å². The third-order valence-electron chi connectivity index (χ3n) is 6.35. The lowest BCUT2D eigenvalue weighted by molar-refractivity contribution is -0.140. The van der Waals surface area contributed by atoms with Crippen LogP contribution < -0.4 is 9.47 Å². The summed E-state index contributed by atoms with van der Waals surface area (Å²) in [6, 6.07) is 10.4. The van der Waals surface area contributed by atoms with Gasteiger partial charge in [0.05, 0.1) is 24.8 Å². The highest BCUT2D eigenvalue weighted by atomic mass is 16.5. The molecule has 1 aliphatic heterocycles. The molecule has 2 aromatic rings. The molecule has 1 saturated heterocycles. The first-order valence-electron chi connectivity index (χ1n) is 12.3. The fourth-order valence-corrected chi connectivity index (χ4v) is 4.49. The number of ether oxygens (including phenoxy) is 2. The maximum absolute atomic E-state index is 13.4. The summed E-state index contributed by atoms with van der Waals surface area (Å²) in [7, 11) is 5.44. The summed E-state index contributed by atoms with van der Waals surface area (Å²) in [5.41, 5.74) is 3.03. The Morgan fingerprint density at radius 2 is 1.72 bits per heavy atom. The van der Waals surface area contributed by atoms with E-state index in [0.29, 0.717) is 24.4 Å². The van der Waals surface area contributed by atoms with Crippen molar-refractivity contribution in [1.82, 2.24) is 9.80 Å². The number of aliphatic hydroxyl groups excluding tert-OH is 1. The van der Waals surface area contributed by atoms with Gasteiger partial charge in [-0.3, -0.25) is 9.59 Å². The summed E-state index contributed by atoms with van der Waals surface area (Å²) in [6.07, 6.45) is 0.0229. The Kier molecular flexibility index (Phi) is 8.46. The summed E-state index contributed by atoms with van der Waals surface area (Å²) in [6.45, 7) is 10.8. The van der Waals surface area contributed by atoms with E-state index in [4.69, 9.17) is 9.47 Å². The van der Waals surface area contributed by atoms with Crippen molar-refractivity contribution in [2.24, 2.45) is 0 Å². The number of carbonyl (C=O) groups excluding carboxylic acids is 2. The average Bonchev–Trinajstić information content (AvgIpc) is 3.06. The van der Waals surface area contributed by atoms with Gasteiger partial charge in [0, 0.05) is 18.7 Å². The molecule has 1 heterocycles. The molecule has 194 valence electrons. The number of likely N-dealkylation sites (tertiary alicyclic amines) is 1. The molecular formula is C29H38N2O5. The van der Waals surface area contributed by atoms with E-state index in [2.05, 4.69) is 0 Å². The number of amides is 1. The maximum Gasteiger partial charge on any atom is 0.295 e. The largest absolute Gasteiger partial charge is 0.507 e. The van der Waals surface area contributed by atoms with Crippen molar-refractivity contribution in [2.75, 3.05) is 34.3 Å². The Morgan fingerprint density at radius 1 is 1.08 bits per heavy atom. The summed E-state index contributed by atoms with van der Waals surface area (Å²) in [5.74, 6) is 0.102. The molecule has 1 aliphatic rings. The highest BCUT2D eigenvalue weighted by Crippen LogP contribution is 2.41. The van der Waals surface area contributed by atoms with Crippen LogP contribution in [0.25, 0.3) is 5.76 Å². The molecule has 3 rings (SSSR count). The maximum atomic E-state index is 13.4. The minimum absolute atomic E-state index is 0.0229. The fourth-order valence-electron chi connectivity index (χ4n) is 4.49. The van der Waals surface area contributed by atoms with Crippen LogP contribution in [-0.4, -0.2) is 67.0 Å². The van der Waals surface area contributed by atoms with Crippen molar-refractivity contribution in [2.45, 2.75) is 52.7 Å². The second-order valence-corrected chi connectivity index (χ2v) is 10.1. The number of nitrogens with zero attached hydrogens (tertiary/aromatic N) is 2. The van der Waals surface area contributed by atoms with Gasteiger partial charge in [-0.25, -0.2) is 0 Å². The molecule has 2 aromatic carbocycles. The smallest absolute Gasteiger partial charge is 0.295 e. The van der Waals surface area contributed by atoms with E-state index in [1.54, 1.807) is 12.0 Å². The summed E-state index contributed by atoms with van der Waals surface area (Å²) < 4.78 is 11.3. The normalized spacial score (nSPS) is 17.5. The van der Waals surface area contributed by atoms with Crippen LogP contribution in [-0.2, 0) is 9.59 Å². The molecule has 0 aliphatic carbocycles. The number of ketones is 1. The van der Waals surface area contributed by atoms with Crippen molar-refractivity contribution < 1.29 is 24.2 Å². The number of methoxy groups -OCH3 is 1. The molecule has 1 atom stereocenters. The van der Waals surface area contributed by atoms with Gasteiger partial charge in [-0.1, -0.05) is 26.0 Å². The molecule has 1 N–H and O–H groups in total. The number of carbonyl (C=O) groups is 2. The first-order chi connectivity index (χ1) is 17.0. The van der Waals surface area contributed by atoms with E-state index in [-0.39, 0.29) is 23.4 Å². The molecule has 1 amide bonds. The molecule has 0 radical (unpaired) electrons. The third-order valence-corrected chi connectivity index (χ3v) is 6.35. The molecule has 0 aromatic heterocycles. The predicted octanol–water partition coefficient (Wildman–Crippen LogP) is 4.90. The van der Waals surface area contributed by atoms with Crippen LogP contribution in [0, 0.1) is 6.92 Å². The van der Waals surface area contributed by atoms with E-state index in [9.17, 15) is 14.7 Å². The van der Waals surface area contributed by atoms with Gasteiger partial charge in [0.25, 0.3) is 11.7 Å². The lowest BCUT2D eigenvalue weighted by Gasteiger charge is -2.27. The zero-order chi connectivity index (χ0) is 26.7. The first kappa shape index (κ1) is 27.3. The number of benzene rings is 2. The lowest BCUT2D eigenvalue weighted by Crippen LogP contribution is -2.35. The molecule has 0 bridgehead atoms. The molecule has 7 nitrogen and oxygen atoms in total. The van der Waals surface area contributed by atoms with E-state index >= 15 is 0 Å². The highest BCUT2D eigenvalue weighted by molar-refractivity contribution is 6.46. The van der Waals surface area contributed by atoms with Crippen LogP contribution in [0.3, 0.4) is 0 Å². The van der Waals surface area contributed by atoms with Crippen molar-refractivity contribution in [3.63, 3.8) is 0 Å². The van der Waals surface area contributed by atoms with Crippen LogP contribution in [0.2, 0.25) is 0 Å². The van der Waals surface area contributed by atoms with Crippen molar-refractivity contribution in [1.29, 1.82) is 0 Å². The fraction of sp³-hybridized carbons (Fsp3) is 0.448. The van der Waals surface area contributed by atoms with Gasteiger partial charge in [-0.15, -0.1) is 0 Å². The Balaban J connectivity index is 2.19. The quantitative estimate of drug-likeness (QED) is 0.304. The molecule has 36 heavy (non-hydrogen) atoms. The summed E-state index contributed by atoms with van der Waals surface area (Å²) in [4.78, 5) is 30.0. The van der Waals surface area contributed by atoms with Crippen molar-refractivity contribution in [3.8, 4) is 11.5 Å². The Labute approximate surface area is 214 Å².